The first-order valence-corrected chi connectivity index (χ1v) is 14.1. The molecule has 8 nitrogen and oxygen atoms in total. The molecule has 38 heavy (non-hydrogen) atoms. The summed E-state index contributed by atoms with van der Waals surface area (Å²) >= 11 is 12.5. The maximum atomic E-state index is 11.5. The number of ether oxygens (including phenoxy) is 1. The first-order chi connectivity index (χ1) is 18.2. The number of carboxylic acids is 1. The molecular weight excluding hydrogens is 525 g/mol. The molecule has 0 radical (unpaired) electrons. The molecule has 2 aromatic heterocycles. The van der Waals surface area contributed by atoms with Crippen LogP contribution in [0.3, 0.4) is 0 Å². The third-order valence-electron chi connectivity index (χ3n) is 8.88. The third-order valence-corrected chi connectivity index (χ3v) is 9.45. The zero-order chi connectivity index (χ0) is 26.6. The molecule has 2 aliphatic heterocycles. The van der Waals surface area contributed by atoms with Crippen molar-refractivity contribution in [2.45, 2.75) is 51.7 Å². The zero-order valence-corrected chi connectivity index (χ0v) is 23.2. The van der Waals surface area contributed by atoms with Gasteiger partial charge in [0, 0.05) is 53.5 Å². The number of carbonyl (C=O) groups is 1. The van der Waals surface area contributed by atoms with Crippen molar-refractivity contribution in [3.63, 3.8) is 0 Å². The van der Waals surface area contributed by atoms with E-state index >= 15 is 0 Å². The molecule has 4 heterocycles. The maximum Gasteiger partial charge on any atom is 0.309 e. The smallest absolute Gasteiger partial charge is 0.309 e. The normalized spacial score (nSPS) is 27.1. The van der Waals surface area contributed by atoms with Gasteiger partial charge < -0.3 is 19.6 Å². The van der Waals surface area contributed by atoms with Crippen LogP contribution in [0.25, 0.3) is 5.65 Å². The van der Waals surface area contributed by atoms with E-state index in [2.05, 4.69) is 32.3 Å². The van der Waals surface area contributed by atoms with Crippen molar-refractivity contribution in [1.82, 2.24) is 19.5 Å². The fourth-order valence-corrected chi connectivity index (χ4v) is 6.99. The number of carboxylic acid groups (broad SMARTS) is 1. The predicted molar refractivity (Wildman–Crippen MR) is 147 cm³/mol. The second-order valence-corrected chi connectivity index (χ2v) is 12.4. The number of fused-ring (bicyclic) bond motifs is 1. The number of aromatic nitrogens is 3. The summed E-state index contributed by atoms with van der Waals surface area (Å²) in [5.41, 5.74) is 2.07. The highest BCUT2D eigenvalue weighted by Gasteiger charge is 2.49. The van der Waals surface area contributed by atoms with Gasteiger partial charge in [-0.05, 0) is 70.0 Å². The summed E-state index contributed by atoms with van der Waals surface area (Å²) in [4.78, 5) is 16.5. The van der Waals surface area contributed by atoms with Gasteiger partial charge in [-0.15, -0.1) is 10.2 Å². The van der Waals surface area contributed by atoms with Crippen LogP contribution in [-0.2, 0) is 4.79 Å². The van der Waals surface area contributed by atoms with Crippen molar-refractivity contribution in [3.05, 3.63) is 52.4 Å². The highest BCUT2D eigenvalue weighted by atomic mass is 35.5. The minimum atomic E-state index is -0.656. The quantitative estimate of drug-likeness (QED) is 0.406. The van der Waals surface area contributed by atoms with Crippen LogP contribution in [0.1, 0.15) is 51.2 Å². The monoisotopic (exact) mass is 557 g/mol. The Labute approximate surface area is 232 Å². The summed E-state index contributed by atoms with van der Waals surface area (Å²) in [7, 11) is 0. The number of benzene rings is 1. The highest BCUT2D eigenvalue weighted by molar-refractivity contribution is 6.35. The van der Waals surface area contributed by atoms with Gasteiger partial charge >= 0.3 is 5.97 Å². The van der Waals surface area contributed by atoms with E-state index in [0.717, 1.165) is 50.3 Å². The standard InChI is InChI=1S/C28H33Cl2N5O3/c1-17(23-6-5-20(29)8-24(23)30)38-25-9-21(15-35-16-31-32-26(25)35)34-13-19(14-34)18-4-3-7-33(12-18)22-10-28(2,11-22)27(36)37/h5-6,8-9,15-19,22H,3-4,7,10-14H2,1-2H3,(H,36,37)/t17-,18+,22?,28?/m1/s1. The molecule has 6 rings (SSSR count). The van der Waals surface area contributed by atoms with Crippen molar-refractivity contribution in [3.8, 4) is 5.75 Å². The topological polar surface area (TPSA) is 83.2 Å². The van der Waals surface area contributed by atoms with Crippen LogP contribution >= 0.6 is 23.2 Å². The van der Waals surface area contributed by atoms with Crippen molar-refractivity contribution < 1.29 is 14.6 Å². The Morgan fingerprint density at radius 2 is 1.97 bits per heavy atom. The minimum Gasteiger partial charge on any atom is -0.482 e. The van der Waals surface area contributed by atoms with E-state index in [4.69, 9.17) is 27.9 Å². The number of hydrogen-bond donors (Lipinski definition) is 1. The summed E-state index contributed by atoms with van der Waals surface area (Å²) in [6.07, 6.45) is 7.45. The van der Waals surface area contributed by atoms with Crippen LogP contribution in [0.2, 0.25) is 10.0 Å². The number of aliphatic carboxylic acids is 1. The van der Waals surface area contributed by atoms with Crippen LogP contribution in [0, 0.1) is 17.3 Å². The number of halogens is 2. The van der Waals surface area contributed by atoms with Crippen LogP contribution in [0.4, 0.5) is 5.69 Å². The molecule has 2 saturated heterocycles. The van der Waals surface area contributed by atoms with Crippen molar-refractivity contribution in [2.24, 2.45) is 17.3 Å². The molecule has 1 aromatic carbocycles. The lowest BCUT2D eigenvalue weighted by atomic mass is 9.65. The van der Waals surface area contributed by atoms with Gasteiger partial charge in [0.25, 0.3) is 0 Å². The van der Waals surface area contributed by atoms with Crippen molar-refractivity contribution in [1.29, 1.82) is 0 Å². The summed E-state index contributed by atoms with van der Waals surface area (Å²) in [5, 5.41) is 19.0. The van der Waals surface area contributed by atoms with E-state index in [9.17, 15) is 9.90 Å². The van der Waals surface area contributed by atoms with Gasteiger partial charge in [-0.25, -0.2) is 0 Å². The number of piperidine rings is 1. The first-order valence-electron chi connectivity index (χ1n) is 13.4. The Balaban J connectivity index is 1.11. The fourth-order valence-electron chi connectivity index (χ4n) is 6.43. The van der Waals surface area contributed by atoms with Crippen molar-refractivity contribution >= 4 is 40.5 Å². The fraction of sp³-hybridized carbons (Fsp3) is 0.536. The average Bonchev–Trinajstić information content (AvgIpc) is 3.30. The Kier molecular flexibility index (Phi) is 6.69. The molecule has 0 unspecified atom stereocenters. The lowest BCUT2D eigenvalue weighted by Gasteiger charge is -2.52. The SMILES string of the molecule is C[C@@H](Oc1cc(N2CC([C@H]3CCCN(C4CC(C)(C(=O)O)C4)C3)C2)cn2cnnc12)c1ccc(Cl)cc1Cl. The van der Waals surface area contributed by atoms with Gasteiger partial charge in [-0.2, -0.15) is 0 Å². The van der Waals surface area contributed by atoms with E-state index in [1.165, 1.54) is 12.8 Å². The number of likely N-dealkylation sites (tertiary alicyclic amines) is 1. The Morgan fingerprint density at radius 1 is 1.18 bits per heavy atom. The molecule has 2 atom stereocenters. The molecule has 0 bridgehead atoms. The van der Waals surface area contributed by atoms with Crippen molar-refractivity contribution in [2.75, 3.05) is 31.1 Å². The second kappa shape index (κ2) is 9.88. The number of pyridine rings is 1. The summed E-state index contributed by atoms with van der Waals surface area (Å²) in [5.74, 6) is 1.29. The minimum absolute atomic E-state index is 0.289. The van der Waals surface area contributed by atoms with E-state index in [1.54, 1.807) is 12.4 Å². The molecule has 0 spiro atoms. The maximum absolute atomic E-state index is 11.5. The van der Waals surface area contributed by atoms with Crippen LogP contribution < -0.4 is 9.64 Å². The molecule has 3 fully saturated rings. The number of rotatable bonds is 7. The van der Waals surface area contributed by atoms with Gasteiger partial charge in [0.15, 0.2) is 5.75 Å². The molecule has 3 aromatic rings. The van der Waals surface area contributed by atoms with E-state index in [1.807, 2.05) is 30.4 Å². The zero-order valence-electron chi connectivity index (χ0n) is 21.7. The van der Waals surface area contributed by atoms with Gasteiger partial charge in [-0.1, -0.05) is 29.3 Å². The predicted octanol–water partition coefficient (Wildman–Crippen LogP) is 5.58. The van der Waals surface area contributed by atoms with Crippen LogP contribution in [-0.4, -0.2) is 62.8 Å². The van der Waals surface area contributed by atoms with Gasteiger partial charge in [0.05, 0.1) is 11.1 Å². The molecular formula is C28H33Cl2N5O3. The lowest BCUT2D eigenvalue weighted by molar-refractivity contribution is -0.158. The summed E-state index contributed by atoms with van der Waals surface area (Å²) in [6.45, 7) is 8.02. The number of nitrogens with zero attached hydrogens (tertiary/aromatic N) is 5. The molecule has 1 N–H and O–H groups in total. The van der Waals surface area contributed by atoms with E-state index in [0.29, 0.717) is 39.3 Å². The third kappa shape index (κ3) is 4.71. The molecule has 0 amide bonds. The van der Waals surface area contributed by atoms with Crippen LogP contribution in [0.15, 0.2) is 36.8 Å². The van der Waals surface area contributed by atoms with Gasteiger partial charge in [-0.3, -0.25) is 9.20 Å². The largest absolute Gasteiger partial charge is 0.482 e. The van der Waals surface area contributed by atoms with E-state index in [-0.39, 0.29) is 6.10 Å². The summed E-state index contributed by atoms with van der Waals surface area (Å²) < 4.78 is 8.27. The van der Waals surface area contributed by atoms with Gasteiger partial charge in [0.2, 0.25) is 5.65 Å². The molecule has 1 aliphatic carbocycles. The van der Waals surface area contributed by atoms with E-state index < -0.39 is 11.4 Å². The lowest BCUT2D eigenvalue weighted by Crippen LogP contribution is -2.58. The number of anilines is 1. The molecule has 10 heteroatoms. The Bertz CT molecular complexity index is 1350. The Hall–Kier alpha value is -2.55. The molecule has 1 saturated carbocycles. The van der Waals surface area contributed by atoms with Crippen LogP contribution in [0.5, 0.6) is 5.75 Å². The molecule has 202 valence electrons. The Morgan fingerprint density at radius 3 is 2.71 bits per heavy atom. The first kappa shape index (κ1) is 25.7. The average molecular weight is 559 g/mol. The second-order valence-electron chi connectivity index (χ2n) is 11.5. The number of hydrogen-bond acceptors (Lipinski definition) is 6. The molecule has 3 aliphatic rings. The highest BCUT2D eigenvalue weighted by Crippen LogP contribution is 2.45. The van der Waals surface area contributed by atoms with Gasteiger partial charge in [0.1, 0.15) is 12.4 Å². The summed E-state index contributed by atoms with van der Waals surface area (Å²) in [6, 6.07) is 7.90.